The van der Waals surface area contributed by atoms with Crippen molar-refractivity contribution in [1.29, 1.82) is 0 Å². The van der Waals surface area contributed by atoms with Crippen molar-refractivity contribution in [2.45, 2.75) is 24.5 Å². The number of aromatic nitrogens is 2. The van der Waals surface area contributed by atoms with Gasteiger partial charge in [-0.3, -0.25) is 9.59 Å². The Morgan fingerprint density at radius 2 is 1.85 bits per heavy atom. The minimum atomic E-state index is -4.54. The zero-order valence-corrected chi connectivity index (χ0v) is 15.5. The number of nitrogens with one attached hydrogen (secondary N) is 2. The summed E-state index contributed by atoms with van der Waals surface area (Å²) < 4.78 is 38.2. The van der Waals surface area contributed by atoms with Crippen molar-refractivity contribution in [2.24, 2.45) is 0 Å². The smallest absolute Gasteiger partial charge is 0.324 e. The highest BCUT2D eigenvalue weighted by Crippen LogP contribution is 2.33. The van der Waals surface area contributed by atoms with E-state index in [1.807, 2.05) is 0 Å². The van der Waals surface area contributed by atoms with Crippen molar-refractivity contribution >= 4 is 46.7 Å². The normalized spacial score (nSPS) is 11.1. The van der Waals surface area contributed by atoms with Gasteiger partial charge in [0.15, 0.2) is 5.82 Å². The fourth-order valence-electron chi connectivity index (χ4n) is 1.82. The molecule has 0 aliphatic rings. The molecule has 0 bridgehead atoms. The Morgan fingerprint density at radius 1 is 1.11 bits per heavy atom. The zero-order chi connectivity index (χ0) is 20.0. The molecule has 2 rings (SSSR count). The molecule has 2 amide bonds. The molecule has 0 unspecified atom stereocenters. The number of carbonyl (C=O) groups excluding carboxylic acids is 2. The van der Waals surface area contributed by atoms with E-state index in [2.05, 4.69) is 20.8 Å². The number of hydrogen-bond donors (Lipinski definition) is 2. The van der Waals surface area contributed by atoms with E-state index < -0.39 is 17.6 Å². The Hall–Kier alpha value is -2.33. The van der Waals surface area contributed by atoms with E-state index >= 15 is 0 Å². The second-order valence-electron chi connectivity index (χ2n) is 5.19. The van der Waals surface area contributed by atoms with Crippen LogP contribution in [0.3, 0.4) is 0 Å². The third-order valence-corrected chi connectivity index (χ3v) is 4.40. The van der Waals surface area contributed by atoms with Crippen LogP contribution in [0.2, 0.25) is 5.02 Å². The van der Waals surface area contributed by atoms with Gasteiger partial charge in [-0.15, -0.1) is 10.2 Å². The summed E-state index contributed by atoms with van der Waals surface area (Å²) in [5.74, 6) is -0.582. The molecule has 0 aliphatic heterocycles. The van der Waals surface area contributed by atoms with Gasteiger partial charge < -0.3 is 10.6 Å². The second-order valence-corrected chi connectivity index (χ2v) is 6.59. The van der Waals surface area contributed by atoms with E-state index in [9.17, 15) is 22.8 Å². The van der Waals surface area contributed by atoms with Crippen LogP contribution in [0.25, 0.3) is 0 Å². The Balaban J connectivity index is 1.94. The number of carbonyl (C=O) groups is 2. The first-order valence-electron chi connectivity index (χ1n) is 7.62. The van der Waals surface area contributed by atoms with Crippen LogP contribution in [0.1, 0.15) is 18.9 Å². The minimum absolute atomic E-state index is 0.00263. The lowest BCUT2D eigenvalue weighted by molar-refractivity contribution is -0.137. The highest BCUT2D eigenvalue weighted by atomic mass is 35.5. The molecule has 2 aromatic rings. The fraction of sp³-hybridized carbons (Fsp3) is 0.250. The van der Waals surface area contributed by atoms with Gasteiger partial charge in [0.1, 0.15) is 5.03 Å². The van der Waals surface area contributed by atoms with Crippen molar-refractivity contribution in [3.05, 3.63) is 40.9 Å². The van der Waals surface area contributed by atoms with E-state index in [0.717, 1.165) is 30.0 Å². The topological polar surface area (TPSA) is 84.0 Å². The zero-order valence-electron chi connectivity index (χ0n) is 13.9. The van der Waals surface area contributed by atoms with Crippen LogP contribution >= 0.6 is 23.4 Å². The summed E-state index contributed by atoms with van der Waals surface area (Å²) in [6.07, 6.45) is -4.24. The molecular formula is C16H14ClF3N4O2S. The number of anilines is 2. The summed E-state index contributed by atoms with van der Waals surface area (Å²) in [6.45, 7) is 1.70. The summed E-state index contributed by atoms with van der Waals surface area (Å²) in [5.41, 5.74) is -1.04. The lowest BCUT2D eigenvalue weighted by atomic mass is 10.2. The molecule has 0 radical (unpaired) electrons. The molecule has 1 aromatic carbocycles. The van der Waals surface area contributed by atoms with Crippen LogP contribution in [-0.2, 0) is 15.8 Å². The number of rotatable bonds is 6. The van der Waals surface area contributed by atoms with Crippen LogP contribution < -0.4 is 10.6 Å². The van der Waals surface area contributed by atoms with Crippen molar-refractivity contribution in [2.75, 3.05) is 16.4 Å². The molecular weight excluding hydrogens is 405 g/mol. The molecule has 1 heterocycles. The lowest BCUT2D eigenvalue weighted by Gasteiger charge is -2.11. The Labute approximate surface area is 161 Å². The first-order chi connectivity index (χ1) is 12.7. The Bertz CT molecular complexity index is 831. The molecule has 0 fully saturated rings. The van der Waals surface area contributed by atoms with Gasteiger partial charge in [0, 0.05) is 6.42 Å². The van der Waals surface area contributed by atoms with Gasteiger partial charge in [-0.25, -0.2) is 0 Å². The molecule has 11 heteroatoms. The van der Waals surface area contributed by atoms with E-state index in [1.54, 1.807) is 13.0 Å². The molecule has 2 N–H and O–H groups in total. The molecule has 0 aliphatic carbocycles. The van der Waals surface area contributed by atoms with Crippen LogP contribution in [0.5, 0.6) is 0 Å². The maximum atomic E-state index is 12.7. The van der Waals surface area contributed by atoms with Crippen molar-refractivity contribution in [3.63, 3.8) is 0 Å². The quantitative estimate of drug-likeness (QED) is 0.686. The molecule has 0 saturated carbocycles. The van der Waals surface area contributed by atoms with Crippen LogP contribution in [0, 0.1) is 0 Å². The largest absolute Gasteiger partial charge is 0.416 e. The highest BCUT2D eigenvalue weighted by Gasteiger charge is 2.31. The Morgan fingerprint density at radius 3 is 2.44 bits per heavy atom. The van der Waals surface area contributed by atoms with Gasteiger partial charge in [-0.2, -0.15) is 13.2 Å². The van der Waals surface area contributed by atoms with Crippen LogP contribution in [-0.4, -0.2) is 27.8 Å². The van der Waals surface area contributed by atoms with Gasteiger partial charge in [0.2, 0.25) is 11.8 Å². The summed E-state index contributed by atoms with van der Waals surface area (Å²) >= 11 is 6.87. The van der Waals surface area contributed by atoms with Crippen molar-refractivity contribution < 1.29 is 22.8 Å². The number of nitrogens with zero attached hydrogens (tertiary/aromatic N) is 2. The summed E-state index contributed by atoms with van der Waals surface area (Å²) in [7, 11) is 0. The predicted molar refractivity (Wildman–Crippen MR) is 96.8 cm³/mol. The second kappa shape index (κ2) is 9.05. The highest BCUT2D eigenvalue weighted by molar-refractivity contribution is 7.99. The molecule has 144 valence electrons. The van der Waals surface area contributed by atoms with Gasteiger partial charge in [0.05, 0.1) is 22.0 Å². The molecule has 6 nitrogen and oxygen atoms in total. The first-order valence-corrected chi connectivity index (χ1v) is 8.98. The van der Waals surface area contributed by atoms with Crippen molar-refractivity contribution in [3.8, 4) is 0 Å². The van der Waals surface area contributed by atoms with Crippen LogP contribution in [0.4, 0.5) is 24.7 Å². The van der Waals surface area contributed by atoms with Gasteiger partial charge in [-0.05, 0) is 30.3 Å². The van der Waals surface area contributed by atoms with Crippen LogP contribution in [0.15, 0.2) is 35.4 Å². The lowest BCUT2D eigenvalue weighted by Crippen LogP contribution is -2.15. The number of benzene rings is 1. The maximum absolute atomic E-state index is 12.7. The minimum Gasteiger partial charge on any atom is -0.324 e. The number of thioether (sulfide) groups is 1. The number of amides is 2. The standard InChI is InChI=1S/C16H14ClF3N4O2S/c1-2-13(25)22-12-5-6-15(24-23-12)27-8-14(26)21-11-7-9(16(18,19)20)3-4-10(11)17/h3-7H,2,8H2,1H3,(H,21,26)(H,22,23,25). The number of hydrogen-bond acceptors (Lipinski definition) is 5. The number of halogens is 4. The van der Waals surface area contributed by atoms with Crippen molar-refractivity contribution in [1.82, 2.24) is 10.2 Å². The molecule has 0 atom stereocenters. The average molecular weight is 419 g/mol. The summed E-state index contributed by atoms with van der Waals surface area (Å²) in [5, 5.41) is 12.9. The molecule has 27 heavy (non-hydrogen) atoms. The summed E-state index contributed by atoms with van der Waals surface area (Å²) in [6, 6.07) is 5.77. The fourth-order valence-corrected chi connectivity index (χ4v) is 2.60. The third-order valence-electron chi connectivity index (χ3n) is 3.15. The molecule has 0 saturated heterocycles. The molecule has 1 aromatic heterocycles. The first kappa shape index (κ1) is 21.0. The Kier molecular flexibility index (Phi) is 7.03. The van der Waals surface area contributed by atoms with E-state index in [0.29, 0.717) is 11.4 Å². The van der Waals surface area contributed by atoms with Gasteiger partial charge in [-0.1, -0.05) is 30.3 Å². The monoisotopic (exact) mass is 418 g/mol. The average Bonchev–Trinajstić information content (AvgIpc) is 2.62. The van der Waals surface area contributed by atoms with E-state index in [-0.39, 0.29) is 28.2 Å². The predicted octanol–water partition coefficient (Wildman–Crippen LogP) is 4.23. The number of alkyl halides is 3. The SMILES string of the molecule is CCC(=O)Nc1ccc(SCC(=O)Nc2cc(C(F)(F)F)ccc2Cl)nn1. The molecule has 0 spiro atoms. The van der Waals surface area contributed by atoms with Gasteiger partial charge >= 0.3 is 6.18 Å². The van der Waals surface area contributed by atoms with E-state index in [1.165, 1.54) is 6.07 Å². The maximum Gasteiger partial charge on any atom is 0.416 e. The summed E-state index contributed by atoms with van der Waals surface area (Å²) in [4.78, 5) is 23.2. The third kappa shape index (κ3) is 6.40. The van der Waals surface area contributed by atoms with Gasteiger partial charge in [0.25, 0.3) is 0 Å². The van der Waals surface area contributed by atoms with E-state index in [4.69, 9.17) is 11.6 Å².